The maximum Gasteiger partial charge on any atom is 0.344 e. The minimum atomic E-state index is -0.414. The largest absolute Gasteiger partial charge is 0.481 e. The molecule has 4 heteroatoms. The van der Waals surface area contributed by atoms with Crippen LogP contribution >= 0.6 is 0 Å². The Bertz CT molecular complexity index is 449. The van der Waals surface area contributed by atoms with Crippen molar-refractivity contribution in [1.29, 1.82) is 0 Å². The number of hydrogen-bond acceptors (Lipinski definition) is 4. The van der Waals surface area contributed by atoms with Crippen LogP contribution in [0, 0.1) is 0 Å². The molecule has 0 fully saturated rings. The molecule has 18 heavy (non-hydrogen) atoms. The van der Waals surface area contributed by atoms with E-state index in [4.69, 9.17) is 9.47 Å². The summed E-state index contributed by atoms with van der Waals surface area (Å²) in [6, 6.07) is 7.17. The van der Waals surface area contributed by atoms with Gasteiger partial charge in [-0.05, 0) is 32.1 Å². The van der Waals surface area contributed by atoms with E-state index in [0.29, 0.717) is 12.4 Å². The number of ether oxygens (including phenoxy) is 2. The van der Waals surface area contributed by atoms with Gasteiger partial charge in [0, 0.05) is 5.56 Å². The molecule has 0 heterocycles. The SMILES string of the molecule is CCOC(=O)COc1ccccc1C=CC(C)=O. The van der Waals surface area contributed by atoms with E-state index in [1.807, 2.05) is 6.07 Å². The number of allylic oxidation sites excluding steroid dienone is 1. The van der Waals surface area contributed by atoms with E-state index in [1.165, 1.54) is 13.0 Å². The highest BCUT2D eigenvalue weighted by atomic mass is 16.6. The smallest absolute Gasteiger partial charge is 0.344 e. The Balaban J connectivity index is 2.70. The van der Waals surface area contributed by atoms with Crippen LogP contribution in [0.5, 0.6) is 5.75 Å². The normalized spacial score (nSPS) is 10.3. The van der Waals surface area contributed by atoms with Crippen LogP contribution in [0.3, 0.4) is 0 Å². The highest BCUT2D eigenvalue weighted by Crippen LogP contribution is 2.19. The lowest BCUT2D eigenvalue weighted by atomic mass is 10.2. The summed E-state index contributed by atoms with van der Waals surface area (Å²) in [6.07, 6.45) is 3.11. The molecular weight excluding hydrogens is 232 g/mol. The monoisotopic (exact) mass is 248 g/mol. The van der Waals surface area contributed by atoms with E-state index >= 15 is 0 Å². The maximum atomic E-state index is 11.2. The molecule has 0 aromatic heterocycles. The number of carbonyl (C=O) groups excluding carboxylic acids is 2. The van der Waals surface area contributed by atoms with Gasteiger partial charge in [-0.15, -0.1) is 0 Å². The predicted molar refractivity (Wildman–Crippen MR) is 68.3 cm³/mol. The van der Waals surface area contributed by atoms with Gasteiger partial charge in [-0.2, -0.15) is 0 Å². The fourth-order valence-electron chi connectivity index (χ4n) is 1.30. The van der Waals surface area contributed by atoms with E-state index in [9.17, 15) is 9.59 Å². The van der Waals surface area contributed by atoms with Gasteiger partial charge in [0.05, 0.1) is 6.61 Å². The first-order valence-electron chi connectivity index (χ1n) is 5.69. The molecule has 0 saturated heterocycles. The van der Waals surface area contributed by atoms with Crippen molar-refractivity contribution in [3.05, 3.63) is 35.9 Å². The summed E-state index contributed by atoms with van der Waals surface area (Å²) in [5.74, 6) is 0.0844. The second kappa shape index (κ2) is 7.27. The third-order valence-corrected chi connectivity index (χ3v) is 2.07. The van der Waals surface area contributed by atoms with Crippen LogP contribution in [-0.4, -0.2) is 25.0 Å². The molecule has 0 saturated carbocycles. The van der Waals surface area contributed by atoms with Crippen LogP contribution in [0.15, 0.2) is 30.3 Å². The molecule has 0 unspecified atom stereocenters. The number of rotatable bonds is 6. The molecule has 1 aromatic rings. The van der Waals surface area contributed by atoms with Gasteiger partial charge in [0.1, 0.15) is 5.75 Å². The Morgan fingerprint density at radius 3 is 2.67 bits per heavy atom. The molecule has 0 N–H and O–H groups in total. The summed E-state index contributed by atoms with van der Waals surface area (Å²) in [7, 11) is 0. The lowest BCUT2D eigenvalue weighted by molar-refractivity contribution is -0.145. The molecule has 0 amide bonds. The summed E-state index contributed by atoms with van der Waals surface area (Å²) >= 11 is 0. The van der Waals surface area contributed by atoms with Crippen LogP contribution < -0.4 is 4.74 Å². The van der Waals surface area contributed by atoms with E-state index < -0.39 is 5.97 Å². The number of esters is 1. The number of para-hydroxylation sites is 1. The van der Waals surface area contributed by atoms with Crippen LogP contribution in [0.25, 0.3) is 6.08 Å². The third kappa shape index (κ3) is 4.82. The van der Waals surface area contributed by atoms with Crippen molar-refractivity contribution in [2.24, 2.45) is 0 Å². The first-order chi connectivity index (χ1) is 8.63. The zero-order chi connectivity index (χ0) is 13.4. The fraction of sp³-hybridized carbons (Fsp3) is 0.286. The van der Waals surface area contributed by atoms with Gasteiger partial charge in [0.2, 0.25) is 0 Å². The molecule has 1 rings (SSSR count). The summed E-state index contributed by atoms with van der Waals surface area (Å²) in [6.45, 7) is 3.40. The predicted octanol–water partition coefficient (Wildman–Crippen LogP) is 2.23. The number of carbonyl (C=O) groups is 2. The quantitative estimate of drug-likeness (QED) is 0.572. The van der Waals surface area contributed by atoms with E-state index in [0.717, 1.165) is 5.56 Å². The minimum Gasteiger partial charge on any atom is -0.481 e. The highest BCUT2D eigenvalue weighted by Gasteiger charge is 2.05. The molecule has 96 valence electrons. The maximum absolute atomic E-state index is 11.2. The van der Waals surface area contributed by atoms with Gasteiger partial charge in [-0.25, -0.2) is 4.79 Å². The van der Waals surface area contributed by atoms with Crippen molar-refractivity contribution in [2.45, 2.75) is 13.8 Å². The van der Waals surface area contributed by atoms with Gasteiger partial charge in [-0.3, -0.25) is 4.79 Å². The fourth-order valence-corrected chi connectivity index (χ4v) is 1.30. The first kappa shape index (κ1) is 14.0. The molecule has 0 aliphatic heterocycles. The molecule has 0 aliphatic rings. The van der Waals surface area contributed by atoms with E-state index in [-0.39, 0.29) is 12.4 Å². The highest BCUT2D eigenvalue weighted by molar-refractivity contribution is 5.91. The van der Waals surface area contributed by atoms with Crippen LogP contribution in [-0.2, 0) is 14.3 Å². The van der Waals surface area contributed by atoms with Crippen molar-refractivity contribution in [2.75, 3.05) is 13.2 Å². The van der Waals surface area contributed by atoms with E-state index in [2.05, 4.69) is 0 Å². The lowest BCUT2D eigenvalue weighted by Gasteiger charge is -2.08. The Morgan fingerprint density at radius 1 is 1.28 bits per heavy atom. The molecule has 0 spiro atoms. The Labute approximate surface area is 106 Å². The summed E-state index contributed by atoms with van der Waals surface area (Å²) in [5.41, 5.74) is 0.747. The average Bonchev–Trinajstić information content (AvgIpc) is 2.35. The Morgan fingerprint density at radius 2 is 2.00 bits per heavy atom. The third-order valence-electron chi connectivity index (χ3n) is 2.07. The molecule has 1 aromatic carbocycles. The van der Waals surface area contributed by atoms with Crippen molar-refractivity contribution >= 4 is 17.8 Å². The topological polar surface area (TPSA) is 52.6 Å². The average molecular weight is 248 g/mol. The van der Waals surface area contributed by atoms with Crippen LogP contribution in [0.4, 0.5) is 0 Å². The van der Waals surface area contributed by atoms with Crippen molar-refractivity contribution in [1.82, 2.24) is 0 Å². The molecule has 0 bridgehead atoms. The Hall–Kier alpha value is -2.10. The van der Waals surface area contributed by atoms with Gasteiger partial charge < -0.3 is 9.47 Å². The zero-order valence-corrected chi connectivity index (χ0v) is 10.5. The minimum absolute atomic E-state index is 0.0461. The van der Waals surface area contributed by atoms with Crippen LogP contribution in [0.2, 0.25) is 0 Å². The molecule has 0 atom stereocenters. The van der Waals surface area contributed by atoms with E-state index in [1.54, 1.807) is 31.2 Å². The second-order valence-electron chi connectivity index (χ2n) is 3.58. The molecule has 0 aliphatic carbocycles. The summed E-state index contributed by atoms with van der Waals surface area (Å²) in [4.78, 5) is 22.1. The first-order valence-corrected chi connectivity index (χ1v) is 5.69. The number of benzene rings is 1. The Kier molecular flexibility index (Phi) is 5.64. The van der Waals surface area contributed by atoms with Crippen molar-refractivity contribution in [3.8, 4) is 5.75 Å². The standard InChI is InChI=1S/C14H16O4/c1-3-17-14(16)10-18-13-7-5-4-6-12(13)9-8-11(2)15/h4-9H,3,10H2,1-2H3. The second-order valence-corrected chi connectivity index (χ2v) is 3.58. The lowest BCUT2D eigenvalue weighted by Crippen LogP contribution is -2.14. The van der Waals surface area contributed by atoms with Crippen LogP contribution in [0.1, 0.15) is 19.4 Å². The molecule has 0 radical (unpaired) electrons. The number of ketones is 1. The van der Waals surface area contributed by atoms with Crippen molar-refractivity contribution < 1.29 is 19.1 Å². The zero-order valence-electron chi connectivity index (χ0n) is 10.5. The van der Waals surface area contributed by atoms with Gasteiger partial charge >= 0.3 is 5.97 Å². The number of hydrogen-bond donors (Lipinski definition) is 0. The molecular formula is C14H16O4. The van der Waals surface area contributed by atoms with Gasteiger partial charge in [-0.1, -0.05) is 18.2 Å². The van der Waals surface area contributed by atoms with Gasteiger partial charge in [0.15, 0.2) is 12.4 Å². The summed E-state index contributed by atoms with van der Waals surface area (Å²) in [5, 5.41) is 0. The molecule has 4 nitrogen and oxygen atoms in total. The summed E-state index contributed by atoms with van der Waals surface area (Å²) < 4.78 is 10.1. The van der Waals surface area contributed by atoms with Crippen molar-refractivity contribution in [3.63, 3.8) is 0 Å². The van der Waals surface area contributed by atoms with Gasteiger partial charge in [0.25, 0.3) is 0 Å².